The maximum Gasteiger partial charge on any atom is 0.276 e. The molecule has 2 N–H and O–H groups in total. The summed E-state index contributed by atoms with van der Waals surface area (Å²) in [6, 6.07) is 2.37. The second-order valence-electron chi connectivity index (χ2n) is 3.64. The number of rotatable bonds is 2. The maximum absolute atomic E-state index is 10.8. The van der Waals surface area contributed by atoms with E-state index >= 15 is 0 Å². The number of nitrogens with zero attached hydrogens (tertiary/aromatic N) is 2. The van der Waals surface area contributed by atoms with Crippen LogP contribution in [0.3, 0.4) is 0 Å². The molecule has 0 saturated carbocycles. The van der Waals surface area contributed by atoms with Crippen molar-refractivity contribution in [1.29, 1.82) is 0 Å². The van der Waals surface area contributed by atoms with Crippen LogP contribution >= 0.6 is 0 Å². The van der Waals surface area contributed by atoms with Crippen LogP contribution in [0.5, 0.6) is 5.75 Å². The molecule has 19 heavy (non-hydrogen) atoms. The van der Waals surface area contributed by atoms with Crippen LogP contribution in [0.4, 0.5) is 11.4 Å². The lowest BCUT2D eigenvalue weighted by atomic mass is 10.2. The molecule has 1 fully saturated rings. The van der Waals surface area contributed by atoms with E-state index in [0.717, 1.165) is 38.4 Å². The molecule has 0 radical (unpaired) electrons. The second-order valence-corrected chi connectivity index (χ2v) is 3.64. The average Bonchev–Trinajstić information content (AvgIpc) is 2.41. The largest absolute Gasteiger partial charge is 0.868 e. The first-order chi connectivity index (χ1) is 9.02. The van der Waals surface area contributed by atoms with Crippen LogP contribution in [-0.4, -0.2) is 36.1 Å². The van der Waals surface area contributed by atoms with Gasteiger partial charge in [-0.3, -0.25) is 20.2 Å². The summed E-state index contributed by atoms with van der Waals surface area (Å²) in [5, 5.41) is 33.4. The molecule has 1 aliphatic rings. The van der Waals surface area contributed by atoms with Gasteiger partial charge in [-0.15, -0.1) is 0 Å². The molecule has 1 aromatic carbocycles. The molecule has 0 bridgehead atoms. The Morgan fingerprint density at radius 1 is 1.11 bits per heavy atom. The minimum absolute atomic E-state index is 0.466. The third-order valence-corrected chi connectivity index (χ3v) is 2.28. The third-order valence-electron chi connectivity index (χ3n) is 2.28. The zero-order valence-corrected chi connectivity index (χ0v) is 9.98. The van der Waals surface area contributed by atoms with Crippen molar-refractivity contribution in [3.05, 3.63) is 38.4 Å². The van der Waals surface area contributed by atoms with Gasteiger partial charge in [-0.25, -0.2) is 0 Å². The predicted octanol–water partition coefficient (Wildman–Crippen LogP) is -0.843. The van der Waals surface area contributed by atoms with E-state index in [2.05, 4.69) is 5.32 Å². The zero-order chi connectivity index (χ0) is 14.3. The van der Waals surface area contributed by atoms with E-state index in [1.165, 1.54) is 0 Å². The minimum Gasteiger partial charge on any atom is -0.868 e. The molecule has 1 aromatic rings. The van der Waals surface area contributed by atoms with Gasteiger partial charge in [-0.1, -0.05) is 6.07 Å². The molecular formula is C10H13N3O6. The molecule has 0 aliphatic carbocycles. The molecule has 9 nitrogen and oxygen atoms in total. The number of hydrogen-bond donors (Lipinski definition) is 1. The summed E-state index contributed by atoms with van der Waals surface area (Å²) < 4.78 is 5.04. The van der Waals surface area contributed by atoms with Crippen molar-refractivity contribution in [2.45, 2.75) is 0 Å². The van der Waals surface area contributed by atoms with Gasteiger partial charge in [0.1, 0.15) is 0 Å². The zero-order valence-electron chi connectivity index (χ0n) is 9.98. The van der Waals surface area contributed by atoms with Gasteiger partial charge in [0.15, 0.2) is 0 Å². The van der Waals surface area contributed by atoms with Crippen molar-refractivity contribution in [3.8, 4) is 5.75 Å². The summed E-state index contributed by atoms with van der Waals surface area (Å²) in [6.45, 7) is 4.19. The van der Waals surface area contributed by atoms with Gasteiger partial charge in [0.05, 0.1) is 42.2 Å². The Morgan fingerprint density at radius 2 is 1.74 bits per heavy atom. The van der Waals surface area contributed by atoms with E-state index in [1.54, 1.807) is 0 Å². The van der Waals surface area contributed by atoms with Crippen LogP contribution in [0.15, 0.2) is 18.2 Å². The first-order valence-corrected chi connectivity index (χ1v) is 5.51. The van der Waals surface area contributed by atoms with E-state index in [1.807, 2.05) is 0 Å². The molecule has 0 amide bonds. The summed E-state index contributed by atoms with van der Waals surface area (Å²) in [6.07, 6.45) is 0. The fourth-order valence-corrected chi connectivity index (χ4v) is 1.34. The highest BCUT2D eigenvalue weighted by molar-refractivity contribution is 5.51. The molecule has 1 saturated heterocycles. The van der Waals surface area contributed by atoms with Gasteiger partial charge in [-0.2, -0.15) is 0 Å². The molecule has 104 valence electrons. The number of nitro benzene ring substituents is 2. The van der Waals surface area contributed by atoms with E-state index in [0.29, 0.717) is 6.07 Å². The third kappa shape index (κ3) is 4.85. The topological polar surface area (TPSA) is 135 Å². The molecule has 0 aromatic heterocycles. The lowest BCUT2D eigenvalue weighted by Crippen LogP contribution is -2.87. The summed E-state index contributed by atoms with van der Waals surface area (Å²) >= 11 is 0. The Morgan fingerprint density at radius 3 is 2.11 bits per heavy atom. The van der Waals surface area contributed by atoms with Crippen LogP contribution in [0, 0.1) is 20.2 Å². The Kier molecular flexibility index (Phi) is 5.64. The van der Waals surface area contributed by atoms with Crippen LogP contribution in [0.2, 0.25) is 0 Å². The number of morpholine rings is 1. The van der Waals surface area contributed by atoms with E-state index < -0.39 is 27.0 Å². The highest BCUT2D eigenvalue weighted by atomic mass is 16.6. The van der Waals surface area contributed by atoms with Crippen molar-refractivity contribution in [2.75, 3.05) is 26.3 Å². The van der Waals surface area contributed by atoms with E-state index in [4.69, 9.17) is 4.74 Å². The number of hydrogen-bond acceptors (Lipinski definition) is 6. The second kappa shape index (κ2) is 7.24. The monoisotopic (exact) mass is 271 g/mol. The van der Waals surface area contributed by atoms with E-state index in [9.17, 15) is 25.3 Å². The van der Waals surface area contributed by atoms with Gasteiger partial charge in [-0.05, 0) is 5.75 Å². The predicted molar refractivity (Wildman–Crippen MR) is 61.7 cm³/mol. The molecule has 1 aliphatic heterocycles. The van der Waals surface area contributed by atoms with Gasteiger partial charge < -0.3 is 15.2 Å². The molecule has 2 rings (SSSR count). The highest BCUT2D eigenvalue weighted by Crippen LogP contribution is 2.27. The van der Waals surface area contributed by atoms with Gasteiger partial charge >= 0.3 is 0 Å². The Labute approximate surface area is 108 Å². The SMILES string of the molecule is C1COCC[NH2+]1.O=[N+]([O-])c1ccc([O-])c([N+](=O)[O-])c1. The Balaban J connectivity index is 0.000000250. The maximum atomic E-state index is 10.8. The molecular weight excluding hydrogens is 258 g/mol. The van der Waals surface area contributed by atoms with Crippen LogP contribution in [-0.2, 0) is 4.74 Å². The highest BCUT2D eigenvalue weighted by Gasteiger charge is 2.13. The smallest absolute Gasteiger partial charge is 0.276 e. The molecule has 0 spiro atoms. The molecule has 9 heteroatoms. The molecule has 0 atom stereocenters. The fourth-order valence-electron chi connectivity index (χ4n) is 1.34. The standard InChI is InChI=1S/C6H4N2O5.C4H9NO/c9-6-2-1-4(7(10)11)3-5(6)8(12)13;1-3-6-4-2-5-1/h1-3,9H;5H,1-4H2. The van der Waals surface area contributed by atoms with Crippen molar-refractivity contribution < 1.29 is 25.0 Å². The van der Waals surface area contributed by atoms with Gasteiger partial charge in [0.25, 0.3) is 11.4 Å². The van der Waals surface area contributed by atoms with Crippen LogP contribution in [0.1, 0.15) is 0 Å². The van der Waals surface area contributed by atoms with Crippen LogP contribution < -0.4 is 10.4 Å². The van der Waals surface area contributed by atoms with Crippen molar-refractivity contribution in [3.63, 3.8) is 0 Å². The lowest BCUT2D eigenvalue weighted by Gasteiger charge is -2.07. The normalized spacial score (nSPS) is 14.1. The fraction of sp³-hybridized carbons (Fsp3) is 0.400. The number of ether oxygens (including phenoxy) is 1. The van der Waals surface area contributed by atoms with Gasteiger partial charge in [0.2, 0.25) is 0 Å². The number of non-ortho nitro benzene ring substituents is 1. The Bertz CT molecular complexity index is 449. The summed E-state index contributed by atoms with van der Waals surface area (Å²) in [7, 11) is 0. The first-order valence-electron chi connectivity index (χ1n) is 5.51. The minimum atomic E-state index is -0.949. The van der Waals surface area contributed by atoms with E-state index in [-0.39, 0.29) is 0 Å². The summed E-state index contributed by atoms with van der Waals surface area (Å²) in [4.78, 5) is 18.6. The van der Waals surface area contributed by atoms with Crippen molar-refractivity contribution >= 4 is 11.4 Å². The quantitative estimate of drug-likeness (QED) is 0.550. The number of quaternary nitrogens is 1. The van der Waals surface area contributed by atoms with Crippen LogP contribution in [0.25, 0.3) is 0 Å². The first kappa shape index (κ1) is 14.8. The van der Waals surface area contributed by atoms with Crippen molar-refractivity contribution in [1.82, 2.24) is 0 Å². The summed E-state index contributed by atoms with van der Waals surface area (Å²) in [5.74, 6) is -0.837. The van der Waals surface area contributed by atoms with Crippen molar-refractivity contribution in [2.24, 2.45) is 0 Å². The average molecular weight is 271 g/mol. The number of nitro groups is 2. The number of benzene rings is 1. The number of nitrogens with two attached hydrogens (primary N) is 1. The molecule has 1 heterocycles. The Hall–Kier alpha value is -2.26. The van der Waals surface area contributed by atoms with Gasteiger partial charge in [0, 0.05) is 6.07 Å². The molecule has 0 unspecified atom stereocenters. The lowest BCUT2D eigenvalue weighted by molar-refractivity contribution is -0.670. The summed E-state index contributed by atoms with van der Waals surface area (Å²) in [5.41, 5.74) is -1.25.